The highest BCUT2D eigenvalue weighted by molar-refractivity contribution is 9.10. The van der Waals surface area contributed by atoms with Crippen LogP contribution in [0.2, 0.25) is 0 Å². The van der Waals surface area contributed by atoms with Crippen molar-refractivity contribution in [2.45, 2.75) is 13.5 Å². The second-order valence-corrected chi connectivity index (χ2v) is 7.72. The summed E-state index contributed by atoms with van der Waals surface area (Å²) in [5.41, 5.74) is 1.58. The quantitative estimate of drug-likeness (QED) is 0.398. The van der Waals surface area contributed by atoms with Gasteiger partial charge in [0.15, 0.2) is 17.2 Å². The van der Waals surface area contributed by atoms with Crippen LogP contribution < -0.4 is 14.3 Å². The first kappa shape index (κ1) is 21.0. The molecule has 0 saturated carbocycles. The number of hydrogen-bond donors (Lipinski definition) is 2. The first-order valence-corrected chi connectivity index (χ1v) is 10.6. The number of fused-ring (bicyclic) bond motifs is 1. The highest BCUT2D eigenvalue weighted by Crippen LogP contribution is 2.35. The number of pyridine rings is 1. The van der Waals surface area contributed by atoms with Crippen LogP contribution in [0.5, 0.6) is 11.5 Å². The lowest BCUT2D eigenvalue weighted by molar-refractivity contribution is 0.262. The lowest BCUT2D eigenvalue weighted by atomic mass is 10.2. The minimum Gasteiger partial charge on any atom is -0.509 e. The molecule has 1 aliphatic rings. The number of para-hydroxylation sites is 2. The number of rotatable bonds is 7. The Hall–Kier alpha value is -2.27. The van der Waals surface area contributed by atoms with Crippen molar-refractivity contribution >= 4 is 40.0 Å². The van der Waals surface area contributed by atoms with Crippen LogP contribution in [0.4, 0.5) is 5.82 Å². The van der Waals surface area contributed by atoms with E-state index in [1.54, 1.807) is 30.5 Å². The number of likely N-dealkylation sites (N-methyl/N-ethyl adjacent to an activating group) is 1. The van der Waals surface area contributed by atoms with Crippen molar-refractivity contribution in [3.05, 3.63) is 46.8 Å². The van der Waals surface area contributed by atoms with Gasteiger partial charge < -0.3 is 33.7 Å². The normalized spacial score (nSPS) is 14.9. The summed E-state index contributed by atoms with van der Waals surface area (Å²) < 4.78 is 17.4. The summed E-state index contributed by atoms with van der Waals surface area (Å²) in [7, 11) is -1.92. The van der Waals surface area contributed by atoms with Crippen molar-refractivity contribution < 1.29 is 23.9 Å². The fraction of sp³-hybridized carbons (Fsp3) is 0.350. The maximum Gasteiger partial charge on any atom is 0.707 e. The van der Waals surface area contributed by atoms with E-state index in [2.05, 4.69) is 32.7 Å². The number of aromatic nitrogens is 1. The Morgan fingerprint density at radius 1 is 1.13 bits per heavy atom. The number of benzene rings is 1. The van der Waals surface area contributed by atoms with E-state index in [1.165, 1.54) is 0 Å². The van der Waals surface area contributed by atoms with Gasteiger partial charge in [-0.05, 0) is 40.7 Å². The standard InChI is InChI=1S/C20H23BBrN3O5/c1-2-24-8-10-25(11-9-24)20-18-14(7-12-28-18)15(19(22)23-20)13-29-16-5-3-4-6-17(16)30-21(26)27/h3-7,12,26-27H,2,8-11,13H2,1H3. The first-order chi connectivity index (χ1) is 14.6. The number of furan rings is 1. The van der Waals surface area contributed by atoms with Crippen molar-refractivity contribution in [3.8, 4) is 11.5 Å². The molecule has 3 aromatic rings. The molecule has 30 heavy (non-hydrogen) atoms. The van der Waals surface area contributed by atoms with Gasteiger partial charge in [-0.15, -0.1) is 0 Å². The number of nitrogens with zero attached hydrogens (tertiary/aromatic N) is 3. The second kappa shape index (κ2) is 9.26. The largest absolute Gasteiger partial charge is 0.707 e. The van der Waals surface area contributed by atoms with Crippen molar-refractivity contribution in [2.75, 3.05) is 37.6 Å². The molecule has 0 atom stereocenters. The number of hydrogen-bond acceptors (Lipinski definition) is 8. The molecule has 1 aliphatic heterocycles. The smallest absolute Gasteiger partial charge is 0.509 e. The zero-order valence-corrected chi connectivity index (χ0v) is 18.2. The van der Waals surface area contributed by atoms with E-state index in [1.807, 2.05) is 6.07 Å². The zero-order chi connectivity index (χ0) is 21.1. The molecule has 0 amide bonds. The molecule has 0 unspecified atom stereocenters. The summed E-state index contributed by atoms with van der Waals surface area (Å²) in [4.78, 5) is 9.43. The molecule has 1 aromatic carbocycles. The van der Waals surface area contributed by atoms with E-state index >= 15 is 0 Å². The third-order valence-electron chi connectivity index (χ3n) is 5.22. The van der Waals surface area contributed by atoms with E-state index in [4.69, 9.17) is 28.8 Å². The summed E-state index contributed by atoms with van der Waals surface area (Å²) >= 11 is 3.60. The van der Waals surface area contributed by atoms with Gasteiger partial charge in [0, 0.05) is 37.1 Å². The van der Waals surface area contributed by atoms with Crippen molar-refractivity contribution in [1.29, 1.82) is 0 Å². The van der Waals surface area contributed by atoms with Gasteiger partial charge in [0.05, 0.1) is 6.26 Å². The molecule has 4 rings (SSSR count). The van der Waals surface area contributed by atoms with Crippen LogP contribution in [0.3, 0.4) is 0 Å². The minimum absolute atomic E-state index is 0.204. The molecular formula is C20H23BBrN3O5. The fourth-order valence-corrected chi connectivity index (χ4v) is 4.10. The molecule has 0 bridgehead atoms. The molecule has 1 saturated heterocycles. The average Bonchev–Trinajstić information content (AvgIpc) is 3.23. The third-order valence-corrected chi connectivity index (χ3v) is 5.88. The van der Waals surface area contributed by atoms with Crippen LogP contribution in [-0.2, 0) is 6.61 Å². The molecule has 3 heterocycles. The summed E-state index contributed by atoms with van der Waals surface area (Å²) in [6.07, 6.45) is 1.66. The van der Waals surface area contributed by atoms with Crippen LogP contribution in [0.25, 0.3) is 11.0 Å². The molecule has 8 nitrogen and oxygen atoms in total. The van der Waals surface area contributed by atoms with Crippen LogP contribution in [0, 0.1) is 0 Å². The van der Waals surface area contributed by atoms with Crippen LogP contribution in [-0.4, -0.2) is 60.0 Å². The first-order valence-electron chi connectivity index (χ1n) is 9.84. The van der Waals surface area contributed by atoms with Crippen molar-refractivity contribution in [1.82, 2.24) is 9.88 Å². The topological polar surface area (TPSA) is 91.4 Å². The van der Waals surface area contributed by atoms with E-state index in [0.29, 0.717) is 10.4 Å². The van der Waals surface area contributed by atoms with Gasteiger partial charge in [0.2, 0.25) is 0 Å². The number of piperazine rings is 1. The predicted molar refractivity (Wildman–Crippen MR) is 118 cm³/mol. The Bertz CT molecular complexity index is 1010. The monoisotopic (exact) mass is 475 g/mol. The predicted octanol–water partition coefficient (Wildman–Crippen LogP) is 2.66. The lowest BCUT2D eigenvalue weighted by Crippen LogP contribution is -2.46. The molecule has 2 aromatic heterocycles. The molecular weight excluding hydrogens is 453 g/mol. The highest BCUT2D eigenvalue weighted by atomic mass is 79.9. The van der Waals surface area contributed by atoms with E-state index in [0.717, 1.165) is 55.1 Å². The highest BCUT2D eigenvalue weighted by Gasteiger charge is 2.23. The van der Waals surface area contributed by atoms with Gasteiger partial charge in [-0.3, -0.25) is 0 Å². The number of ether oxygens (including phenoxy) is 1. The summed E-state index contributed by atoms with van der Waals surface area (Å²) in [6, 6.07) is 8.73. The zero-order valence-electron chi connectivity index (χ0n) is 16.6. The van der Waals surface area contributed by atoms with Gasteiger partial charge >= 0.3 is 7.32 Å². The van der Waals surface area contributed by atoms with Gasteiger partial charge in [-0.1, -0.05) is 19.1 Å². The molecule has 10 heteroatoms. The maximum absolute atomic E-state index is 9.10. The fourth-order valence-electron chi connectivity index (χ4n) is 3.60. The van der Waals surface area contributed by atoms with Gasteiger partial charge in [-0.25, -0.2) is 4.98 Å². The Balaban J connectivity index is 1.58. The van der Waals surface area contributed by atoms with Gasteiger partial charge in [0.1, 0.15) is 17.0 Å². The number of halogens is 1. The van der Waals surface area contributed by atoms with E-state index < -0.39 is 7.32 Å². The SMILES string of the molecule is CCN1CCN(c2nc(Br)c(COc3ccccc3OB(O)O)c3ccoc23)CC1. The van der Waals surface area contributed by atoms with Crippen LogP contribution in [0.1, 0.15) is 12.5 Å². The Kier molecular flexibility index (Phi) is 6.48. The summed E-state index contributed by atoms with van der Waals surface area (Å²) in [5.74, 6) is 1.47. The van der Waals surface area contributed by atoms with Crippen LogP contribution in [0.15, 0.2) is 45.6 Å². The Morgan fingerprint density at radius 2 is 1.87 bits per heavy atom. The Labute approximate surface area is 183 Å². The molecule has 0 spiro atoms. The van der Waals surface area contributed by atoms with Crippen LogP contribution >= 0.6 is 15.9 Å². The molecule has 2 N–H and O–H groups in total. The van der Waals surface area contributed by atoms with Crippen molar-refractivity contribution in [2.24, 2.45) is 0 Å². The van der Waals surface area contributed by atoms with Gasteiger partial charge in [0.25, 0.3) is 0 Å². The molecule has 0 radical (unpaired) electrons. The van der Waals surface area contributed by atoms with Gasteiger partial charge in [-0.2, -0.15) is 0 Å². The van der Waals surface area contributed by atoms with E-state index in [-0.39, 0.29) is 12.4 Å². The average molecular weight is 476 g/mol. The van der Waals surface area contributed by atoms with Crippen molar-refractivity contribution in [3.63, 3.8) is 0 Å². The van der Waals surface area contributed by atoms with E-state index in [9.17, 15) is 0 Å². The summed E-state index contributed by atoms with van der Waals surface area (Å²) in [6.45, 7) is 7.22. The number of anilines is 1. The Morgan fingerprint density at radius 3 is 2.57 bits per heavy atom. The minimum atomic E-state index is -1.92. The summed E-state index contributed by atoms with van der Waals surface area (Å²) in [5, 5.41) is 19.1. The maximum atomic E-state index is 9.10. The lowest BCUT2D eigenvalue weighted by Gasteiger charge is -2.34. The third kappa shape index (κ3) is 4.41. The molecule has 1 fully saturated rings. The molecule has 158 valence electrons. The second-order valence-electron chi connectivity index (χ2n) is 6.97. The molecule has 0 aliphatic carbocycles.